The summed E-state index contributed by atoms with van der Waals surface area (Å²) in [6, 6.07) is 16.2. The Hall–Kier alpha value is -3.14. The lowest BCUT2D eigenvalue weighted by atomic mass is 10.1. The molecule has 11 heteroatoms. The van der Waals surface area contributed by atoms with Crippen molar-refractivity contribution < 1.29 is 22.4 Å². The number of hydrogen-bond acceptors (Lipinski definition) is 4. The predicted molar refractivity (Wildman–Crippen MR) is 143 cm³/mol. The Morgan fingerprint density at radius 3 is 2.22 bits per heavy atom. The molecule has 0 saturated heterocycles. The van der Waals surface area contributed by atoms with Crippen molar-refractivity contribution in [1.29, 1.82) is 0 Å². The number of nitrogens with one attached hydrogen (secondary N) is 1. The lowest BCUT2D eigenvalue weighted by Crippen LogP contribution is -2.51. The van der Waals surface area contributed by atoms with Gasteiger partial charge < -0.3 is 10.2 Å². The van der Waals surface area contributed by atoms with Crippen LogP contribution in [0.2, 0.25) is 10.0 Å². The van der Waals surface area contributed by atoms with Crippen LogP contribution in [0.1, 0.15) is 18.9 Å². The van der Waals surface area contributed by atoms with Crippen molar-refractivity contribution in [2.75, 3.05) is 17.9 Å². The number of likely N-dealkylation sites (N-methyl/N-ethyl adjacent to an activating group) is 1. The van der Waals surface area contributed by atoms with Gasteiger partial charge in [-0.2, -0.15) is 0 Å². The minimum atomic E-state index is -4.22. The van der Waals surface area contributed by atoms with Crippen molar-refractivity contribution in [2.45, 2.75) is 30.8 Å². The number of carbonyl (C=O) groups is 2. The molecular formula is C26H26Cl2FN3O4S. The number of benzene rings is 3. The van der Waals surface area contributed by atoms with Crippen LogP contribution in [0.4, 0.5) is 10.1 Å². The lowest BCUT2D eigenvalue weighted by molar-refractivity contribution is -0.140. The zero-order chi connectivity index (χ0) is 27.2. The number of nitrogens with zero attached hydrogens (tertiary/aromatic N) is 2. The Bertz CT molecular complexity index is 1360. The van der Waals surface area contributed by atoms with Crippen LogP contribution in [0, 0.1) is 5.82 Å². The standard InChI is InChI=1S/C26H26Cl2FN3O4S/c1-3-24(26(34)30-2)31(16-18-9-10-19(27)15-23(18)28)25(33)17-32(21-13-11-20(29)12-14-21)37(35,36)22-7-5-4-6-8-22/h4-15,24H,3,16-17H2,1-2H3,(H,30,34). The van der Waals surface area contributed by atoms with Crippen molar-refractivity contribution in [3.8, 4) is 0 Å². The number of anilines is 1. The normalized spacial score (nSPS) is 12.0. The average molecular weight is 566 g/mol. The molecule has 7 nitrogen and oxygen atoms in total. The molecule has 2 amide bonds. The third-order valence-corrected chi connectivity index (χ3v) is 8.09. The monoisotopic (exact) mass is 565 g/mol. The molecule has 0 aliphatic heterocycles. The second-order valence-corrected chi connectivity index (χ2v) is 10.8. The van der Waals surface area contributed by atoms with Crippen LogP contribution in [-0.2, 0) is 26.2 Å². The summed E-state index contributed by atoms with van der Waals surface area (Å²) in [5, 5.41) is 3.25. The largest absolute Gasteiger partial charge is 0.357 e. The van der Waals surface area contributed by atoms with E-state index < -0.39 is 40.2 Å². The fraction of sp³-hybridized carbons (Fsp3) is 0.231. The molecule has 3 aromatic rings. The molecule has 37 heavy (non-hydrogen) atoms. The van der Waals surface area contributed by atoms with Crippen molar-refractivity contribution in [3.05, 3.63) is 94.2 Å². The van der Waals surface area contributed by atoms with Crippen LogP contribution in [0.5, 0.6) is 0 Å². The van der Waals surface area contributed by atoms with E-state index in [4.69, 9.17) is 23.2 Å². The number of rotatable bonds is 10. The van der Waals surface area contributed by atoms with Crippen LogP contribution < -0.4 is 9.62 Å². The van der Waals surface area contributed by atoms with Crippen molar-refractivity contribution >= 4 is 50.7 Å². The first-order chi connectivity index (χ1) is 17.6. The molecule has 0 heterocycles. The van der Waals surface area contributed by atoms with Gasteiger partial charge in [0.25, 0.3) is 10.0 Å². The summed E-state index contributed by atoms with van der Waals surface area (Å²) in [6.45, 7) is 1.03. The molecule has 0 aliphatic rings. The summed E-state index contributed by atoms with van der Waals surface area (Å²) in [6.07, 6.45) is 0.263. The number of amides is 2. The van der Waals surface area contributed by atoms with Crippen molar-refractivity contribution in [3.63, 3.8) is 0 Å². The number of carbonyl (C=O) groups excluding carboxylic acids is 2. The Morgan fingerprint density at radius 1 is 1.00 bits per heavy atom. The summed E-state index contributed by atoms with van der Waals surface area (Å²) in [5.74, 6) is -1.62. The lowest BCUT2D eigenvalue weighted by Gasteiger charge is -2.33. The Balaban J connectivity index is 2.06. The first-order valence-electron chi connectivity index (χ1n) is 11.4. The first kappa shape index (κ1) is 28.4. The van der Waals surface area contributed by atoms with Gasteiger partial charge in [-0.15, -0.1) is 0 Å². The van der Waals surface area contributed by atoms with Gasteiger partial charge in [-0.1, -0.05) is 54.4 Å². The SMILES string of the molecule is CCC(C(=O)NC)N(Cc1ccc(Cl)cc1Cl)C(=O)CN(c1ccc(F)cc1)S(=O)(=O)c1ccccc1. The molecule has 3 rings (SSSR count). The van der Waals surface area contributed by atoms with E-state index in [9.17, 15) is 22.4 Å². The predicted octanol–water partition coefficient (Wildman–Crippen LogP) is 4.88. The molecule has 0 spiro atoms. The summed E-state index contributed by atoms with van der Waals surface area (Å²) in [5.41, 5.74) is 0.622. The molecule has 0 aromatic heterocycles. The smallest absolute Gasteiger partial charge is 0.264 e. The summed E-state index contributed by atoms with van der Waals surface area (Å²) in [7, 11) is -2.77. The maximum Gasteiger partial charge on any atom is 0.264 e. The molecule has 0 radical (unpaired) electrons. The van der Waals surface area contributed by atoms with E-state index in [1.54, 1.807) is 37.3 Å². The van der Waals surface area contributed by atoms with E-state index in [1.165, 1.54) is 42.3 Å². The van der Waals surface area contributed by atoms with E-state index in [0.717, 1.165) is 16.4 Å². The molecule has 0 saturated carbocycles. The second kappa shape index (κ2) is 12.4. The number of sulfonamides is 1. The van der Waals surface area contributed by atoms with Crippen LogP contribution in [-0.4, -0.2) is 44.8 Å². The quantitative estimate of drug-likeness (QED) is 0.379. The highest BCUT2D eigenvalue weighted by Gasteiger charge is 2.33. The fourth-order valence-corrected chi connectivity index (χ4v) is 5.68. The minimum Gasteiger partial charge on any atom is -0.357 e. The van der Waals surface area contributed by atoms with Gasteiger partial charge in [0.05, 0.1) is 10.6 Å². The van der Waals surface area contributed by atoms with Gasteiger partial charge in [0.1, 0.15) is 18.4 Å². The molecule has 0 aliphatic carbocycles. The van der Waals surface area contributed by atoms with E-state index in [0.29, 0.717) is 15.6 Å². The zero-order valence-corrected chi connectivity index (χ0v) is 22.5. The summed E-state index contributed by atoms with van der Waals surface area (Å²) in [4.78, 5) is 27.7. The number of hydrogen-bond donors (Lipinski definition) is 1. The van der Waals surface area contributed by atoms with Gasteiger partial charge in [0.2, 0.25) is 11.8 Å². The van der Waals surface area contributed by atoms with E-state index in [1.807, 2.05) is 0 Å². The van der Waals surface area contributed by atoms with Gasteiger partial charge in [-0.3, -0.25) is 13.9 Å². The topological polar surface area (TPSA) is 86.8 Å². The first-order valence-corrected chi connectivity index (χ1v) is 13.6. The van der Waals surface area contributed by atoms with Gasteiger partial charge in [-0.05, 0) is 60.5 Å². The van der Waals surface area contributed by atoms with Crippen LogP contribution in [0.15, 0.2) is 77.7 Å². The third-order valence-electron chi connectivity index (χ3n) is 5.71. The fourth-order valence-electron chi connectivity index (χ4n) is 3.78. The molecular weight excluding hydrogens is 540 g/mol. The Labute approximate surface area is 225 Å². The van der Waals surface area contributed by atoms with E-state index in [-0.39, 0.29) is 23.5 Å². The Kier molecular flexibility index (Phi) is 9.53. The van der Waals surface area contributed by atoms with Gasteiger partial charge >= 0.3 is 0 Å². The van der Waals surface area contributed by atoms with Crippen LogP contribution in [0.25, 0.3) is 0 Å². The molecule has 3 aromatic carbocycles. The summed E-state index contributed by atoms with van der Waals surface area (Å²) >= 11 is 12.3. The molecule has 1 atom stereocenters. The summed E-state index contributed by atoms with van der Waals surface area (Å²) < 4.78 is 41.7. The maximum atomic E-state index is 13.8. The highest BCUT2D eigenvalue weighted by Crippen LogP contribution is 2.27. The van der Waals surface area contributed by atoms with E-state index >= 15 is 0 Å². The second-order valence-electron chi connectivity index (χ2n) is 8.10. The molecule has 1 N–H and O–H groups in total. The van der Waals surface area contributed by atoms with Gasteiger partial charge in [0, 0.05) is 23.6 Å². The van der Waals surface area contributed by atoms with Crippen LogP contribution >= 0.6 is 23.2 Å². The van der Waals surface area contributed by atoms with Crippen molar-refractivity contribution in [1.82, 2.24) is 10.2 Å². The highest BCUT2D eigenvalue weighted by atomic mass is 35.5. The molecule has 0 fully saturated rings. The third kappa shape index (κ3) is 6.80. The molecule has 1 unspecified atom stereocenters. The van der Waals surface area contributed by atoms with E-state index in [2.05, 4.69) is 5.32 Å². The maximum absolute atomic E-state index is 13.8. The van der Waals surface area contributed by atoms with Gasteiger partial charge in [-0.25, -0.2) is 12.8 Å². The van der Waals surface area contributed by atoms with Crippen LogP contribution in [0.3, 0.4) is 0 Å². The average Bonchev–Trinajstić information content (AvgIpc) is 2.89. The minimum absolute atomic E-state index is 0.0437. The highest BCUT2D eigenvalue weighted by molar-refractivity contribution is 7.92. The Morgan fingerprint density at radius 2 is 1.65 bits per heavy atom. The molecule has 196 valence electrons. The van der Waals surface area contributed by atoms with Gasteiger partial charge in [0.15, 0.2) is 0 Å². The number of halogens is 3. The molecule has 0 bridgehead atoms. The zero-order valence-electron chi connectivity index (χ0n) is 20.2. The van der Waals surface area contributed by atoms with Crippen molar-refractivity contribution in [2.24, 2.45) is 0 Å².